The van der Waals surface area contributed by atoms with E-state index in [0.717, 1.165) is 25.7 Å². The molecule has 1 aromatic carbocycles. The van der Waals surface area contributed by atoms with Gasteiger partial charge in [-0.05, 0) is 31.7 Å². The van der Waals surface area contributed by atoms with Crippen LogP contribution in [0.2, 0.25) is 10.0 Å². The summed E-state index contributed by atoms with van der Waals surface area (Å²) in [7, 11) is 1.86. The number of benzene rings is 1. The highest BCUT2D eigenvalue weighted by atomic mass is 35.5. The number of nitro groups is 1. The van der Waals surface area contributed by atoms with E-state index < -0.39 is 4.92 Å². The Hall–Kier alpha value is -1.04. The molecule has 1 aliphatic carbocycles. The molecule has 2 N–H and O–H groups in total. The van der Waals surface area contributed by atoms with Crippen LogP contribution in [0.4, 0.5) is 11.4 Å². The minimum Gasteiger partial charge on any atom is -0.366 e. The number of nitrogens with two attached hydrogens (primary N) is 1. The molecule has 0 heterocycles. The fraction of sp³-hybridized carbons (Fsp3) is 0.538. The molecular formula is C13H17Cl2N3O2. The molecule has 1 aliphatic rings. The monoisotopic (exact) mass is 317 g/mol. The number of rotatable bonds is 3. The van der Waals surface area contributed by atoms with E-state index in [1.54, 1.807) is 6.07 Å². The van der Waals surface area contributed by atoms with Gasteiger partial charge in [0.15, 0.2) is 0 Å². The third-order valence-electron chi connectivity index (χ3n) is 3.88. The van der Waals surface area contributed by atoms with E-state index in [1.165, 1.54) is 6.07 Å². The second-order valence-electron chi connectivity index (χ2n) is 5.19. The summed E-state index contributed by atoms with van der Waals surface area (Å²) < 4.78 is 0. The van der Waals surface area contributed by atoms with Crippen LogP contribution in [0, 0.1) is 10.1 Å². The van der Waals surface area contributed by atoms with Crippen molar-refractivity contribution in [3.05, 3.63) is 32.3 Å². The van der Waals surface area contributed by atoms with Crippen molar-refractivity contribution in [3.8, 4) is 0 Å². The summed E-state index contributed by atoms with van der Waals surface area (Å²) in [5.74, 6) is 0. The fourth-order valence-corrected chi connectivity index (χ4v) is 2.96. The zero-order chi connectivity index (χ0) is 14.9. The van der Waals surface area contributed by atoms with E-state index in [1.807, 2.05) is 11.9 Å². The second-order valence-corrected chi connectivity index (χ2v) is 6.01. The molecule has 20 heavy (non-hydrogen) atoms. The van der Waals surface area contributed by atoms with Gasteiger partial charge in [-0.15, -0.1) is 0 Å². The van der Waals surface area contributed by atoms with Crippen molar-refractivity contribution in [1.82, 2.24) is 0 Å². The largest absolute Gasteiger partial charge is 0.366 e. The summed E-state index contributed by atoms with van der Waals surface area (Å²) in [6, 6.07) is 3.36. The summed E-state index contributed by atoms with van der Waals surface area (Å²) in [6.07, 6.45) is 3.72. The van der Waals surface area contributed by atoms with Crippen LogP contribution in [0.5, 0.6) is 0 Å². The topological polar surface area (TPSA) is 72.4 Å². The molecule has 0 aromatic heterocycles. The number of hydrogen-bond acceptors (Lipinski definition) is 4. The molecule has 0 aliphatic heterocycles. The van der Waals surface area contributed by atoms with Crippen molar-refractivity contribution < 1.29 is 4.92 Å². The Bertz CT molecular complexity index is 517. The number of nitrogens with zero attached hydrogens (tertiary/aromatic N) is 2. The standard InChI is InChI=1S/C13H17Cl2N3O2/c1-17(9-4-2-8(16)3-5-9)12-6-10(14)11(15)7-13(12)18(19)20/h6-9H,2-5,16H2,1H3. The van der Waals surface area contributed by atoms with Gasteiger partial charge in [-0.3, -0.25) is 10.1 Å². The zero-order valence-corrected chi connectivity index (χ0v) is 12.7. The Balaban J connectivity index is 2.31. The lowest BCUT2D eigenvalue weighted by Gasteiger charge is -2.34. The highest BCUT2D eigenvalue weighted by Gasteiger charge is 2.27. The van der Waals surface area contributed by atoms with Crippen LogP contribution in [-0.4, -0.2) is 24.1 Å². The van der Waals surface area contributed by atoms with Crippen molar-refractivity contribution >= 4 is 34.6 Å². The molecule has 0 saturated heterocycles. The molecule has 5 nitrogen and oxygen atoms in total. The Labute approximate surface area is 127 Å². The van der Waals surface area contributed by atoms with Crippen LogP contribution >= 0.6 is 23.2 Å². The fourth-order valence-electron chi connectivity index (χ4n) is 2.64. The normalized spacial score (nSPS) is 22.6. The Morgan fingerprint density at radius 1 is 1.25 bits per heavy atom. The SMILES string of the molecule is CN(c1cc(Cl)c(Cl)cc1[N+](=O)[O-])C1CCC(N)CC1. The maximum atomic E-state index is 11.2. The molecule has 1 saturated carbocycles. The molecule has 0 amide bonds. The van der Waals surface area contributed by atoms with E-state index in [-0.39, 0.29) is 22.8 Å². The van der Waals surface area contributed by atoms with Crippen molar-refractivity contribution in [1.29, 1.82) is 0 Å². The van der Waals surface area contributed by atoms with E-state index in [4.69, 9.17) is 28.9 Å². The third kappa shape index (κ3) is 3.16. The first-order valence-electron chi connectivity index (χ1n) is 6.52. The lowest BCUT2D eigenvalue weighted by molar-refractivity contribution is -0.384. The van der Waals surface area contributed by atoms with E-state index >= 15 is 0 Å². The first kappa shape index (κ1) is 15.4. The highest BCUT2D eigenvalue weighted by molar-refractivity contribution is 6.42. The van der Waals surface area contributed by atoms with Gasteiger partial charge < -0.3 is 10.6 Å². The van der Waals surface area contributed by atoms with Gasteiger partial charge in [-0.25, -0.2) is 0 Å². The minimum absolute atomic E-state index is 0.0169. The van der Waals surface area contributed by atoms with Gasteiger partial charge in [0.25, 0.3) is 5.69 Å². The number of halogens is 2. The van der Waals surface area contributed by atoms with Gasteiger partial charge in [0.05, 0.1) is 15.0 Å². The number of hydrogen-bond donors (Lipinski definition) is 1. The lowest BCUT2D eigenvalue weighted by atomic mass is 9.90. The smallest absolute Gasteiger partial charge is 0.294 e. The highest BCUT2D eigenvalue weighted by Crippen LogP contribution is 2.38. The van der Waals surface area contributed by atoms with Crippen molar-refractivity contribution in [2.24, 2.45) is 5.73 Å². The Morgan fingerprint density at radius 3 is 2.35 bits per heavy atom. The first-order chi connectivity index (χ1) is 9.40. The third-order valence-corrected chi connectivity index (χ3v) is 4.61. The van der Waals surface area contributed by atoms with Crippen molar-refractivity contribution in [2.75, 3.05) is 11.9 Å². The summed E-state index contributed by atoms with van der Waals surface area (Å²) >= 11 is 11.9. The van der Waals surface area contributed by atoms with Crippen molar-refractivity contribution in [3.63, 3.8) is 0 Å². The Kier molecular flexibility index (Phi) is 4.73. The molecule has 1 aromatic rings. The van der Waals surface area contributed by atoms with Crippen LogP contribution in [-0.2, 0) is 0 Å². The van der Waals surface area contributed by atoms with E-state index in [9.17, 15) is 10.1 Å². The predicted octanol–water partition coefficient (Wildman–Crippen LogP) is 3.61. The number of anilines is 1. The lowest BCUT2D eigenvalue weighted by Crippen LogP contribution is -2.39. The van der Waals surface area contributed by atoms with Gasteiger partial charge in [0.2, 0.25) is 0 Å². The van der Waals surface area contributed by atoms with Gasteiger partial charge >= 0.3 is 0 Å². The molecule has 2 rings (SSSR count). The Morgan fingerprint density at radius 2 is 1.80 bits per heavy atom. The average molecular weight is 318 g/mol. The second kappa shape index (κ2) is 6.16. The first-order valence-corrected chi connectivity index (χ1v) is 7.27. The van der Waals surface area contributed by atoms with Gasteiger partial charge in [-0.2, -0.15) is 0 Å². The average Bonchev–Trinajstić information content (AvgIpc) is 2.41. The molecule has 0 unspecified atom stereocenters. The molecule has 0 radical (unpaired) electrons. The molecule has 1 fully saturated rings. The van der Waals surface area contributed by atoms with E-state index in [0.29, 0.717) is 10.7 Å². The number of nitro benzene ring substituents is 1. The van der Waals surface area contributed by atoms with Crippen molar-refractivity contribution in [2.45, 2.75) is 37.8 Å². The van der Waals surface area contributed by atoms with Gasteiger partial charge in [0, 0.05) is 25.2 Å². The molecule has 0 spiro atoms. The van der Waals surface area contributed by atoms with Crippen LogP contribution in [0.15, 0.2) is 12.1 Å². The minimum atomic E-state index is -0.428. The zero-order valence-electron chi connectivity index (χ0n) is 11.2. The molecular weight excluding hydrogens is 301 g/mol. The van der Waals surface area contributed by atoms with Crippen LogP contribution in [0.25, 0.3) is 0 Å². The van der Waals surface area contributed by atoms with Crippen LogP contribution in [0.1, 0.15) is 25.7 Å². The summed E-state index contributed by atoms with van der Waals surface area (Å²) in [6.45, 7) is 0. The predicted molar refractivity (Wildman–Crippen MR) is 81.8 cm³/mol. The van der Waals surface area contributed by atoms with Crippen LogP contribution < -0.4 is 10.6 Å². The van der Waals surface area contributed by atoms with Gasteiger partial charge in [-0.1, -0.05) is 23.2 Å². The maximum absolute atomic E-state index is 11.2. The quantitative estimate of drug-likeness (QED) is 0.682. The van der Waals surface area contributed by atoms with Gasteiger partial charge in [0.1, 0.15) is 5.69 Å². The summed E-state index contributed by atoms with van der Waals surface area (Å²) in [5.41, 5.74) is 6.38. The van der Waals surface area contributed by atoms with Crippen LogP contribution in [0.3, 0.4) is 0 Å². The van der Waals surface area contributed by atoms with E-state index in [2.05, 4.69) is 0 Å². The molecule has 0 bridgehead atoms. The molecule has 0 atom stereocenters. The maximum Gasteiger partial charge on any atom is 0.294 e. The molecule has 7 heteroatoms. The summed E-state index contributed by atoms with van der Waals surface area (Å²) in [5, 5.41) is 11.7. The summed E-state index contributed by atoms with van der Waals surface area (Å²) in [4.78, 5) is 12.7. The molecule has 110 valence electrons.